The second kappa shape index (κ2) is 11.8. The van der Waals surface area contributed by atoms with Gasteiger partial charge in [-0.15, -0.1) is 0 Å². The number of pyridine rings is 1. The highest BCUT2D eigenvalue weighted by Gasteiger charge is 2.41. The highest BCUT2D eigenvalue weighted by molar-refractivity contribution is 6.09. The number of fused-ring (bicyclic) bond motifs is 3. The largest absolute Gasteiger partial charge is 0.507 e. The number of rotatable bonds is 6. The fourth-order valence-electron chi connectivity index (χ4n) is 6.55. The second-order valence-electron chi connectivity index (χ2n) is 14.7. The Balaban J connectivity index is 1.26. The van der Waals surface area contributed by atoms with Crippen LogP contribution in [0.5, 0.6) is 5.75 Å². The number of carbonyl (C=O) groups excluding carboxylic acids is 2. The number of carbonyl (C=O) groups is 2. The summed E-state index contributed by atoms with van der Waals surface area (Å²) in [5, 5.41) is 38.7. The fraction of sp³-hybridized carbons (Fsp3) is 0.308. The zero-order chi connectivity index (χ0) is 34.7. The number of para-hydroxylation sites is 1. The number of aliphatic hydroxyl groups excluding tert-OH is 1. The van der Waals surface area contributed by atoms with Crippen LogP contribution in [0.2, 0.25) is 0 Å². The predicted molar refractivity (Wildman–Crippen MR) is 187 cm³/mol. The van der Waals surface area contributed by atoms with E-state index in [2.05, 4.69) is 46.9 Å². The number of aromatic nitrogens is 1. The summed E-state index contributed by atoms with van der Waals surface area (Å²) in [5.74, 6) is -1.16. The maximum Gasteiger partial charge on any atom is 0.270 e. The molecule has 2 atom stereocenters. The number of nitro groups is 1. The maximum atomic E-state index is 13.6. The minimum Gasteiger partial charge on any atom is -0.507 e. The highest BCUT2D eigenvalue weighted by atomic mass is 16.6. The topological polar surface area (TPSA) is 143 Å². The standard InChI is InChI=1S/C39H39N3O6/c1-38(2,3)28-16-21(17-29(37(28)46)39(4,5)6)10-15-32(43)40-31-9-7-8-22-12-14-30(41-34(22)31)33-35(44)26-19-23-11-13-25(42(47)48)18-24(23)20-27(26)36(33)45/h7-9,11-14,16-20,33,36,45-46H,10,15H2,1-6H3,(H,40,43). The summed E-state index contributed by atoms with van der Waals surface area (Å²) in [5.41, 5.74) is 4.13. The minimum absolute atomic E-state index is 0.0732. The van der Waals surface area contributed by atoms with Crippen molar-refractivity contribution in [2.75, 3.05) is 5.32 Å². The van der Waals surface area contributed by atoms with Crippen molar-refractivity contribution >= 4 is 44.7 Å². The molecule has 3 N–H and O–H groups in total. The molecule has 9 nitrogen and oxygen atoms in total. The Morgan fingerprint density at radius 1 is 0.896 bits per heavy atom. The van der Waals surface area contributed by atoms with Gasteiger partial charge in [0.25, 0.3) is 5.69 Å². The van der Waals surface area contributed by atoms with Crippen LogP contribution in [0.25, 0.3) is 21.7 Å². The van der Waals surface area contributed by atoms with Crippen molar-refractivity contribution in [1.29, 1.82) is 0 Å². The molecule has 0 fully saturated rings. The van der Waals surface area contributed by atoms with Crippen LogP contribution in [-0.2, 0) is 22.0 Å². The molecule has 1 amide bonds. The molecule has 0 radical (unpaired) electrons. The van der Waals surface area contributed by atoms with Gasteiger partial charge in [-0.25, -0.2) is 4.98 Å². The molecule has 0 saturated carbocycles. The number of benzene rings is 4. The molecule has 5 aromatic rings. The van der Waals surface area contributed by atoms with Gasteiger partial charge in [-0.1, -0.05) is 71.9 Å². The summed E-state index contributed by atoms with van der Waals surface area (Å²) >= 11 is 0. The first-order valence-electron chi connectivity index (χ1n) is 16.0. The van der Waals surface area contributed by atoms with Crippen LogP contribution in [0.3, 0.4) is 0 Å². The summed E-state index contributed by atoms with van der Waals surface area (Å²) in [6, 6.07) is 20.6. The molecule has 246 valence electrons. The minimum atomic E-state index is -1.19. The summed E-state index contributed by atoms with van der Waals surface area (Å²) in [6.07, 6.45) is -0.515. The number of amides is 1. The van der Waals surface area contributed by atoms with E-state index in [0.29, 0.717) is 51.0 Å². The second-order valence-corrected chi connectivity index (χ2v) is 14.7. The molecular weight excluding hydrogens is 606 g/mol. The summed E-state index contributed by atoms with van der Waals surface area (Å²) < 4.78 is 0. The van der Waals surface area contributed by atoms with Crippen LogP contribution in [0.1, 0.15) is 98.3 Å². The van der Waals surface area contributed by atoms with E-state index in [1.54, 1.807) is 30.3 Å². The van der Waals surface area contributed by atoms with Crippen molar-refractivity contribution < 1.29 is 24.7 Å². The number of Topliss-reactive ketones (excluding diaryl/α,β-unsaturated/α-hetero) is 1. The number of nitrogens with one attached hydrogen (secondary N) is 1. The smallest absolute Gasteiger partial charge is 0.270 e. The van der Waals surface area contributed by atoms with Gasteiger partial charge in [0.1, 0.15) is 5.75 Å². The first-order chi connectivity index (χ1) is 22.5. The van der Waals surface area contributed by atoms with Gasteiger partial charge in [0.05, 0.1) is 33.8 Å². The van der Waals surface area contributed by atoms with E-state index in [0.717, 1.165) is 22.1 Å². The van der Waals surface area contributed by atoms with Gasteiger partial charge in [-0.05, 0) is 80.6 Å². The number of aliphatic hydroxyl groups is 1. The van der Waals surface area contributed by atoms with Crippen molar-refractivity contribution in [1.82, 2.24) is 4.98 Å². The first kappa shape index (κ1) is 32.8. The number of ketones is 1. The summed E-state index contributed by atoms with van der Waals surface area (Å²) in [4.78, 5) is 42.6. The van der Waals surface area contributed by atoms with Crippen molar-refractivity contribution in [2.45, 2.75) is 77.2 Å². The van der Waals surface area contributed by atoms with Crippen LogP contribution in [0, 0.1) is 10.1 Å². The van der Waals surface area contributed by atoms with Crippen molar-refractivity contribution in [3.8, 4) is 5.75 Å². The summed E-state index contributed by atoms with van der Waals surface area (Å²) in [6.45, 7) is 12.3. The van der Waals surface area contributed by atoms with Crippen LogP contribution in [0.4, 0.5) is 11.4 Å². The van der Waals surface area contributed by atoms with Gasteiger partial charge >= 0.3 is 0 Å². The zero-order valence-electron chi connectivity index (χ0n) is 27.9. The fourth-order valence-corrected chi connectivity index (χ4v) is 6.55. The van der Waals surface area contributed by atoms with Gasteiger partial charge in [0.2, 0.25) is 5.91 Å². The van der Waals surface area contributed by atoms with E-state index >= 15 is 0 Å². The first-order valence-corrected chi connectivity index (χ1v) is 16.0. The Morgan fingerprint density at radius 3 is 2.21 bits per heavy atom. The van der Waals surface area contributed by atoms with E-state index in [9.17, 15) is 29.9 Å². The molecule has 0 saturated heterocycles. The van der Waals surface area contributed by atoms with E-state index in [-0.39, 0.29) is 34.6 Å². The lowest BCUT2D eigenvalue weighted by atomic mass is 9.78. The number of hydrogen-bond donors (Lipinski definition) is 3. The van der Waals surface area contributed by atoms with E-state index in [1.165, 1.54) is 12.1 Å². The molecule has 4 aromatic carbocycles. The van der Waals surface area contributed by atoms with E-state index < -0.39 is 16.9 Å². The van der Waals surface area contributed by atoms with Crippen LogP contribution < -0.4 is 5.32 Å². The molecule has 1 aliphatic rings. The predicted octanol–water partition coefficient (Wildman–Crippen LogP) is 8.18. The molecular formula is C39H39N3O6. The Morgan fingerprint density at radius 2 is 1.56 bits per heavy atom. The Labute approximate surface area is 278 Å². The number of non-ortho nitro benzene ring substituents is 1. The number of nitrogens with zero attached hydrogens (tertiary/aromatic N) is 2. The molecule has 1 aromatic heterocycles. The third-order valence-electron chi connectivity index (χ3n) is 9.15. The highest BCUT2D eigenvalue weighted by Crippen LogP contribution is 2.44. The Bertz CT molecular complexity index is 2110. The molecule has 48 heavy (non-hydrogen) atoms. The van der Waals surface area contributed by atoms with Crippen molar-refractivity contribution in [3.63, 3.8) is 0 Å². The van der Waals surface area contributed by atoms with Crippen LogP contribution in [0.15, 0.2) is 72.8 Å². The molecule has 9 heteroatoms. The molecule has 6 rings (SSSR count). The van der Waals surface area contributed by atoms with Gasteiger partial charge in [0, 0.05) is 29.5 Å². The van der Waals surface area contributed by atoms with Gasteiger partial charge < -0.3 is 15.5 Å². The number of nitro benzene ring substituents is 1. The van der Waals surface area contributed by atoms with E-state index in [4.69, 9.17) is 4.98 Å². The Kier molecular flexibility index (Phi) is 8.07. The third-order valence-corrected chi connectivity index (χ3v) is 9.15. The van der Waals surface area contributed by atoms with Gasteiger partial charge in [-0.2, -0.15) is 0 Å². The number of aromatic hydroxyl groups is 1. The normalized spacial score (nSPS) is 16.4. The SMILES string of the molecule is CC(C)(C)c1cc(CCC(=O)Nc2cccc3ccc(C4C(=O)c5cc6ccc([N+](=O)[O-])cc6cc5C4O)nc23)cc(C(C)(C)C)c1O. The monoisotopic (exact) mass is 645 g/mol. The molecule has 2 unspecified atom stereocenters. The number of phenolic OH excluding ortho intramolecular Hbond substituents is 1. The van der Waals surface area contributed by atoms with Gasteiger partial charge in [-0.3, -0.25) is 19.7 Å². The van der Waals surface area contributed by atoms with Crippen LogP contribution >= 0.6 is 0 Å². The van der Waals surface area contributed by atoms with Crippen molar-refractivity contribution in [3.05, 3.63) is 116 Å². The zero-order valence-corrected chi connectivity index (χ0v) is 27.9. The van der Waals surface area contributed by atoms with Crippen LogP contribution in [-0.4, -0.2) is 31.8 Å². The van der Waals surface area contributed by atoms with E-state index in [1.807, 2.05) is 30.3 Å². The lowest BCUT2D eigenvalue weighted by Crippen LogP contribution is -2.18. The number of aryl methyl sites for hydroxylation is 1. The maximum absolute atomic E-state index is 13.6. The Hall–Kier alpha value is -5.15. The average molecular weight is 646 g/mol. The molecule has 1 heterocycles. The lowest BCUT2D eigenvalue weighted by Gasteiger charge is -2.28. The number of phenols is 1. The number of anilines is 1. The van der Waals surface area contributed by atoms with Gasteiger partial charge in [0.15, 0.2) is 5.78 Å². The molecule has 0 aliphatic heterocycles. The molecule has 0 bridgehead atoms. The summed E-state index contributed by atoms with van der Waals surface area (Å²) in [7, 11) is 0. The lowest BCUT2D eigenvalue weighted by molar-refractivity contribution is -0.384. The third kappa shape index (κ3) is 6.02. The van der Waals surface area contributed by atoms with Crippen molar-refractivity contribution in [2.24, 2.45) is 0 Å². The molecule has 1 aliphatic carbocycles. The number of hydrogen-bond acceptors (Lipinski definition) is 7. The average Bonchev–Trinajstić information content (AvgIpc) is 3.26. The quantitative estimate of drug-likeness (QED) is 0.125. The molecule has 0 spiro atoms.